The highest BCUT2D eigenvalue weighted by Gasteiger charge is 1.86. The molecular formula is C7H16Si. The molecule has 1 heteroatoms. The van der Waals surface area contributed by atoms with Crippen LogP contribution in [0.4, 0.5) is 0 Å². The van der Waals surface area contributed by atoms with Gasteiger partial charge in [0.1, 0.15) is 0 Å². The minimum Gasteiger partial charge on any atom is -0.102 e. The first-order valence-electron chi connectivity index (χ1n) is 3.31. The Kier molecular flexibility index (Phi) is 3.88. The summed E-state index contributed by atoms with van der Waals surface area (Å²) in [6.07, 6.45) is 2.30. The summed E-state index contributed by atoms with van der Waals surface area (Å²) in [5.41, 5.74) is 2.38. The summed E-state index contributed by atoms with van der Waals surface area (Å²) in [4.78, 5) is 0. The Morgan fingerprint density at radius 2 is 1.75 bits per heavy atom. The van der Waals surface area contributed by atoms with Crippen LogP contribution in [0.15, 0.2) is 11.8 Å². The van der Waals surface area contributed by atoms with Crippen LogP contribution in [-0.2, 0) is 0 Å². The molecule has 0 rings (SSSR count). The Morgan fingerprint density at radius 3 is 1.88 bits per heavy atom. The average molecular weight is 128 g/mol. The number of allylic oxidation sites excluding steroid dienone is 1. The molecule has 0 heterocycles. The Hall–Kier alpha value is -0.0431. The molecule has 0 aliphatic rings. The van der Waals surface area contributed by atoms with Crippen molar-refractivity contribution in [2.45, 2.75) is 26.9 Å². The van der Waals surface area contributed by atoms with Crippen molar-refractivity contribution in [1.82, 2.24) is 0 Å². The summed E-state index contributed by atoms with van der Waals surface area (Å²) in [6, 6.07) is 0. The van der Waals surface area contributed by atoms with Crippen molar-refractivity contribution in [3.8, 4) is 0 Å². The molecule has 0 radical (unpaired) electrons. The molecule has 0 saturated carbocycles. The van der Waals surface area contributed by atoms with Crippen LogP contribution in [0.5, 0.6) is 0 Å². The first-order valence-corrected chi connectivity index (χ1v) is 6.29. The molecular weight excluding hydrogens is 112 g/mol. The molecule has 0 spiro atoms. The van der Waals surface area contributed by atoms with Gasteiger partial charge in [-0.25, -0.2) is 0 Å². The van der Waals surface area contributed by atoms with Gasteiger partial charge >= 0.3 is 0 Å². The second kappa shape index (κ2) is 3.90. The largest absolute Gasteiger partial charge is 0.102 e. The lowest BCUT2D eigenvalue weighted by Gasteiger charge is -1.94. The molecule has 8 heavy (non-hydrogen) atoms. The molecule has 0 aromatic carbocycles. The number of hydrogen-bond donors (Lipinski definition) is 0. The van der Waals surface area contributed by atoms with E-state index in [2.05, 4.69) is 38.7 Å². The van der Waals surface area contributed by atoms with E-state index in [0.29, 0.717) is 0 Å². The summed E-state index contributed by atoms with van der Waals surface area (Å²) in [6.45, 7) is 9.10. The lowest BCUT2D eigenvalue weighted by atomic mass is 10.2. The van der Waals surface area contributed by atoms with Gasteiger partial charge in [0, 0.05) is 0 Å². The molecule has 0 unspecified atom stereocenters. The van der Waals surface area contributed by atoms with E-state index in [9.17, 15) is 0 Å². The fraction of sp³-hybridized carbons (Fsp3) is 0.714. The Morgan fingerprint density at radius 1 is 1.25 bits per heavy atom. The van der Waals surface area contributed by atoms with Gasteiger partial charge in [0.25, 0.3) is 0 Å². The zero-order valence-corrected chi connectivity index (χ0v) is 7.46. The van der Waals surface area contributed by atoms with E-state index in [1.165, 1.54) is 0 Å². The number of rotatable bonds is 2. The minimum atomic E-state index is -0.407. The summed E-state index contributed by atoms with van der Waals surface area (Å²) in [5.74, 6) is 0.741. The van der Waals surface area contributed by atoms with Gasteiger partial charge in [-0.2, -0.15) is 0 Å². The lowest BCUT2D eigenvalue weighted by molar-refractivity contribution is 0.833. The molecule has 0 aromatic rings. The van der Waals surface area contributed by atoms with E-state index in [1.807, 2.05) is 0 Å². The van der Waals surface area contributed by atoms with Crippen LogP contribution in [0.3, 0.4) is 0 Å². The molecule has 0 nitrogen and oxygen atoms in total. The maximum absolute atomic E-state index is 2.38. The van der Waals surface area contributed by atoms with Crippen molar-refractivity contribution < 1.29 is 0 Å². The van der Waals surface area contributed by atoms with Crippen molar-refractivity contribution in [2.24, 2.45) is 5.92 Å². The second-order valence-corrected chi connectivity index (χ2v) is 5.75. The normalized spacial score (nSPS) is 12.2. The van der Waals surface area contributed by atoms with Crippen LogP contribution in [0, 0.1) is 5.92 Å². The SMILES string of the molecule is CC(C)C=C[SiH](C)C. The zero-order valence-electron chi connectivity index (χ0n) is 6.31. The molecule has 0 aliphatic heterocycles. The monoisotopic (exact) mass is 128 g/mol. The van der Waals surface area contributed by atoms with E-state index >= 15 is 0 Å². The quantitative estimate of drug-likeness (QED) is 0.500. The smallest absolute Gasteiger partial charge is 0.0550 e. The maximum Gasteiger partial charge on any atom is 0.0550 e. The predicted molar refractivity (Wildman–Crippen MR) is 42.9 cm³/mol. The first-order chi connectivity index (χ1) is 3.63. The summed E-state index contributed by atoms with van der Waals surface area (Å²) >= 11 is 0. The van der Waals surface area contributed by atoms with Gasteiger partial charge in [-0.15, -0.1) is 5.70 Å². The van der Waals surface area contributed by atoms with Crippen molar-refractivity contribution >= 4 is 8.80 Å². The van der Waals surface area contributed by atoms with E-state index < -0.39 is 8.80 Å². The maximum atomic E-state index is 2.38. The highest BCUT2D eigenvalue weighted by atomic mass is 28.3. The van der Waals surface area contributed by atoms with Crippen molar-refractivity contribution in [3.63, 3.8) is 0 Å². The van der Waals surface area contributed by atoms with Crippen LogP contribution in [-0.4, -0.2) is 8.80 Å². The highest BCUT2D eigenvalue weighted by Crippen LogP contribution is 1.94. The summed E-state index contributed by atoms with van der Waals surface area (Å²) in [5, 5.41) is 0. The number of hydrogen-bond acceptors (Lipinski definition) is 0. The van der Waals surface area contributed by atoms with E-state index in [0.717, 1.165) is 5.92 Å². The van der Waals surface area contributed by atoms with Gasteiger partial charge in [-0.05, 0) is 5.92 Å². The summed E-state index contributed by atoms with van der Waals surface area (Å²) in [7, 11) is -0.407. The van der Waals surface area contributed by atoms with Crippen molar-refractivity contribution in [2.75, 3.05) is 0 Å². The van der Waals surface area contributed by atoms with Crippen molar-refractivity contribution in [1.29, 1.82) is 0 Å². The van der Waals surface area contributed by atoms with Gasteiger partial charge in [-0.3, -0.25) is 0 Å². The molecule has 0 aliphatic carbocycles. The van der Waals surface area contributed by atoms with Gasteiger partial charge in [0.05, 0.1) is 8.80 Å². The molecule has 0 aromatic heterocycles. The lowest BCUT2D eigenvalue weighted by Crippen LogP contribution is -1.93. The zero-order chi connectivity index (χ0) is 6.57. The third-order valence-corrected chi connectivity index (χ3v) is 1.87. The molecule has 0 saturated heterocycles. The first kappa shape index (κ1) is 7.96. The van der Waals surface area contributed by atoms with Gasteiger partial charge in [0.15, 0.2) is 0 Å². The topological polar surface area (TPSA) is 0 Å². The predicted octanol–water partition coefficient (Wildman–Crippen LogP) is 2.22. The molecule has 0 atom stereocenters. The summed E-state index contributed by atoms with van der Waals surface area (Å²) < 4.78 is 0. The van der Waals surface area contributed by atoms with Crippen LogP contribution in [0.25, 0.3) is 0 Å². The fourth-order valence-electron chi connectivity index (χ4n) is 0.444. The third kappa shape index (κ3) is 5.96. The Bertz CT molecular complexity index is 62.5. The van der Waals surface area contributed by atoms with E-state index in [-0.39, 0.29) is 0 Å². The van der Waals surface area contributed by atoms with E-state index in [1.54, 1.807) is 0 Å². The minimum absolute atomic E-state index is 0.407. The second-order valence-electron chi connectivity index (χ2n) is 2.87. The van der Waals surface area contributed by atoms with Crippen LogP contribution in [0.1, 0.15) is 13.8 Å². The highest BCUT2D eigenvalue weighted by molar-refractivity contribution is 6.61. The van der Waals surface area contributed by atoms with Crippen LogP contribution < -0.4 is 0 Å². The molecule has 0 bridgehead atoms. The van der Waals surface area contributed by atoms with Crippen LogP contribution >= 0.6 is 0 Å². The fourth-order valence-corrected chi connectivity index (χ4v) is 1.33. The van der Waals surface area contributed by atoms with Crippen molar-refractivity contribution in [3.05, 3.63) is 11.8 Å². The Balaban J connectivity index is 3.34. The molecule has 0 N–H and O–H groups in total. The van der Waals surface area contributed by atoms with E-state index in [4.69, 9.17) is 0 Å². The third-order valence-electron chi connectivity index (χ3n) is 0.881. The average Bonchev–Trinajstić information content (AvgIpc) is 1.61. The molecule has 48 valence electrons. The molecule has 0 amide bonds. The van der Waals surface area contributed by atoms with Gasteiger partial charge in [-0.1, -0.05) is 33.0 Å². The standard InChI is InChI=1S/C7H16Si/c1-7(2)5-6-8(3)4/h5-8H,1-4H3. The van der Waals surface area contributed by atoms with Crippen LogP contribution in [0.2, 0.25) is 13.1 Å². The molecule has 0 fully saturated rings. The van der Waals surface area contributed by atoms with Gasteiger partial charge in [0.2, 0.25) is 0 Å². The Labute approximate surface area is 54.2 Å². The van der Waals surface area contributed by atoms with Gasteiger partial charge < -0.3 is 0 Å².